The Kier molecular flexibility index (Phi) is 12.6. The number of fused-ring (bicyclic) bond motifs is 1. The smallest absolute Gasteiger partial charge is 0.303 e. The number of benzene rings is 4. The molecule has 0 aliphatic carbocycles. The van der Waals surface area contributed by atoms with E-state index >= 15 is 0 Å². The summed E-state index contributed by atoms with van der Waals surface area (Å²) in [6, 6.07) is 28.4. The lowest BCUT2D eigenvalue weighted by atomic mass is 9.96. The predicted octanol–water partition coefficient (Wildman–Crippen LogP) is 6.73. The number of carbonyl (C=O) groups excluding carboxylic acids is 1. The Labute approximate surface area is 305 Å². The van der Waals surface area contributed by atoms with Crippen molar-refractivity contribution in [3.05, 3.63) is 118 Å². The normalized spacial score (nSPS) is 18.7. The average molecular weight is 709 g/mol. The van der Waals surface area contributed by atoms with Crippen molar-refractivity contribution in [2.24, 2.45) is 0 Å². The van der Waals surface area contributed by atoms with E-state index in [9.17, 15) is 14.7 Å². The van der Waals surface area contributed by atoms with Gasteiger partial charge in [-0.15, -0.1) is 0 Å². The fourth-order valence-electron chi connectivity index (χ4n) is 6.96. The van der Waals surface area contributed by atoms with Gasteiger partial charge in [-0.2, -0.15) is 0 Å². The van der Waals surface area contributed by atoms with Crippen molar-refractivity contribution in [2.75, 3.05) is 27.3 Å². The van der Waals surface area contributed by atoms with Gasteiger partial charge in [-0.1, -0.05) is 66.7 Å². The number of nitrogens with zero attached hydrogens (tertiary/aromatic N) is 1. The fraction of sp³-hybridized carbons (Fsp3) is 0.381. The van der Waals surface area contributed by atoms with Crippen LogP contribution in [0.5, 0.6) is 11.5 Å². The van der Waals surface area contributed by atoms with Crippen LogP contribution in [0, 0.1) is 0 Å². The van der Waals surface area contributed by atoms with Gasteiger partial charge in [-0.25, -0.2) is 0 Å². The van der Waals surface area contributed by atoms with Crippen molar-refractivity contribution in [3.63, 3.8) is 0 Å². The maximum absolute atomic E-state index is 12.3. The van der Waals surface area contributed by atoms with Gasteiger partial charge in [0.25, 0.3) is 0 Å². The highest BCUT2D eigenvalue weighted by Crippen LogP contribution is 2.40. The molecular formula is C42H48N2O8. The molecule has 4 aromatic rings. The zero-order chi connectivity index (χ0) is 36.5. The first-order chi connectivity index (χ1) is 25.3. The van der Waals surface area contributed by atoms with Crippen molar-refractivity contribution in [1.82, 2.24) is 10.2 Å². The number of aliphatic hydroxyl groups excluding tert-OH is 1. The summed E-state index contributed by atoms with van der Waals surface area (Å²) in [6.45, 7) is 2.85. The van der Waals surface area contributed by atoms with Gasteiger partial charge in [0, 0.05) is 51.0 Å². The van der Waals surface area contributed by atoms with Gasteiger partial charge in [-0.3, -0.25) is 14.5 Å². The number of hydrogen-bond acceptors (Lipinski definition) is 8. The molecule has 2 aliphatic heterocycles. The molecule has 0 unspecified atom stereocenters. The molecule has 1 saturated heterocycles. The van der Waals surface area contributed by atoms with E-state index in [4.69, 9.17) is 24.1 Å². The molecule has 0 bridgehead atoms. The lowest BCUT2D eigenvalue weighted by Gasteiger charge is -2.39. The number of nitrogens with one attached hydrogen (secondary N) is 1. The third kappa shape index (κ3) is 9.57. The Morgan fingerprint density at radius 2 is 1.54 bits per heavy atom. The monoisotopic (exact) mass is 708 g/mol. The van der Waals surface area contributed by atoms with E-state index in [0.717, 1.165) is 70.9 Å². The van der Waals surface area contributed by atoms with E-state index in [1.807, 2.05) is 42.5 Å². The Morgan fingerprint density at radius 1 is 0.827 bits per heavy atom. The van der Waals surface area contributed by atoms with Crippen LogP contribution in [-0.4, -0.2) is 60.4 Å². The van der Waals surface area contributed by atoms with Crippen LogP contribution < -0.4 is 14.8 Å². The van der Waals surface area contributed by atoms with Gasteiger partial charge in [0.2, 0.25) is 5.91 Å². The van der Waals surface area contributed by atoms with E-state index in [1.165, 1.54) is 11.1 Å². The molecule has 3 atom stereocenters. The van der Waals surface area contributed by atoms with Crippen LogP contribution in [0.25, 0.3) is 11.1 Å². The number of ether oxygens (including phenoxy) is 4. The molecule has 0 saturated carbocycles. The van der Waals surface area contributed by atoms with E-state index < -0.39 is 12.3 Å². The van der Waals surface area contributed by atoms with Crippen LogP contribution in [0.15, 0.2) is 84.9 Å². The molecule has 2 heterocycles. The summed E-state index contributed by atoms with van der Waals surface area (Å²) in [7, 11) is 3.33. The average Bonchev–Trinajstić information content (AvgIpc) is 3.18. The number of methoxy groups -OCH3 is 2. The number of rotatable bonds is 15. The molecule has 0 radical (unpaired) electrons. The summed E-state index contributed by atoms with van der Waals surface area (Å²) in [5, 5.41) is 21.3. The van der Waals surface area contributed by atoms with Crippen LogP contribution in [0.4, 0.5) is 0 Å². The lowest BCUT2D eigenvalue weighted by Crippen LogP contribution is -2.41. The molecule has 10 nitrogen and oxygen atoms in total. The number of aliphatic hydroxyl groups is 1. The van der Waals surface area contributed by atoms with Gasteiger partial charge in [-0.05, 0) is 76.4 Å². The van der Waals surface area contributed by atoms with Crippen molar-refractivity contribution in [1.29, 1.82) is 0 Å². The lowest BCUT2D eigenvalue weighted by molar-refractivity contribution is -0.253. The van der Waals surface area contributed by atoms with E-state index in [-0.39, 0.29) is 31.1 Å². The van der Waals surface area contributed by atoms with Gasteiger partial charge in [0.1, 0.15) is 0 Å². The summed E-state index contributed by atoms with van der Waals surface area (Å²) >= 11 is 0. The molecule has 2 aliphatic rings. The molecule has 3 N–H and O–H groups in total. The van der Waals surface area contributed by atoms with Crippen molar-refractivity contribution in [2.45, 2.75) is 76.7 Å². The highest BCUT2D eigenvalue weighted by molar-refractivity contribution is 5.76. The minimum absolute atomic E-state index is 0.00661. The number of carbonyl (C=O) groups is 2. The topological polar surface area (TPSA) is 127 Å². The zero-order valence-corrected chi connectivity index (χ0v) is 29.9. The highest BCUT2D eigenvalue weighted by Gasteiger charge is 2.34. The summed E-state index contributed by atoms with van der Waals surface area (Å²) in [4.78, 5) is 25.4. The Hall–Kier alpha value is -4.74. The minimum atomic E-state index is -0.841. The number of aliphatic carboxylic acids is 1. The first kappa shape index (κ1) is 37.0. The second-order valence-corrected chi connectivity index (χ2v) is 13.5. The molecule has 4 aromatic carbocycles. The van der Waals surface area contributed by atoms with Crippen LogP contribution in [0.1, 0.15) is 77.9 Å². The molecular weight excluding hydrogens is 660 g/mol. The second kappa shape index (κ2) is 17.7. The van der Waals surface area contributed by atoms with E-state index in [0.29, 0.717) is 32.2 Å². The first-order valence-corrected chi connectivity index (χ1v) is 18.0. The molecule has 0 spiro atoms. The van der Waals surface area contributed by atoms with Crippen LogP contribution in [-0.2, 0) is 45.2 Å². The number of hydrogen-bond donors (Lipinski definition) is 3. The standard InChI is InChI=1S/C42H48N2O8/c1-49-38-21-34-18-19-44(25-35(34)22-39(38)50-2)26-36-23-37(31-12-10-28(27-45)11-13-31)52-42(51-36)32-16-14-30(15-17-32)33-7-5-6-29(20-33)24-43-40(46)8-3-4-9-41(47)48/h5-7,10-17,20-22,36-37,42,45H,3-4,8-9,18-19,23-27H2,1-2H3,(H,43,46)(H,47,48)/t36-,37+,42+/m1/s1. The van der Waals surface area contributed by atoms with E-state index in [1.54, 1.807) is 14.2 Å². The van der Waals surface area contributed by atoms with Gasteiger partial charge in [0.15, 0.2) is 17.8 Å². The molecule has 274 valence electrons. The molecule has 0 aromatic heterocycles. The number of unbranched alkanes of at least 4 members (excludes halogenated alkanes) is 1. The zero-order valence-electron chi connectivity index (χ0n) is 29.9. The second-order valence-electron chi connectivity index (χ2n) is 13.5. The van der Waals surface area contributed by atoms with Crippen LogP contribution >= 0.6 is 0 Å². The number of carboxylic acid groups (broad SMARTS) is 1. The maximum Gasteiger partial charge on any atom is 0.303 e. The SMILES string of the molecule is COc1cc2c(cc1OC)CN(C[C@H]1C[C@@H](c3ccc(CO)cc3)O[C@@H](c3ccc(-c4cccc(CNC(=O)CCCCC(=O)O)c4)cc3)O1)CC2. The fourth-order valence-corrected chi connectivity index (χ4v) is 6.96. The van der Waals surface area contributed by atoms with Gasteiger partial charge < -0.3 is 34.5 Å². The summed E-state index contributed by atoms with van der Waals surface area (Å²) in [5.74, 6) is 0.567. The molecule has 1 amide bonds. The Bertz CT molecular complexity index is 1810. The van der Waals surface area contributed by atoms with Crippen LogP contribution in [0.2, 0.25) is 0 Å². The first-order valence-electron chi connectivity index (χ1n) is 18.0. The van der Waals surface area contributed by atoms with Crippen LogP contribution in [0.3, 0.4) is 0 Å². The highest BCUT2D eigenvalue weighted by atomic mass is 16.7. The third-order valence-electron chi connectivity index (χ3n) is 9.85. The Morgan fingerprint density at radius 3 is 2.25 bits per heavy atom. The van der Waals surface area contributed by atoms with Crippen molar-refractivity contribution >= 4 is 11.9 Å². The quantitative estimate of drug-likeness (QED) is 0.115. The molecule has 6 rings (SSSR count). The summed E-state index contributed by atoms with van der Waals surface area (Å²) < 4.78 is 24.4. The van der Waals surface area contributed by atoms with Gasteiger partial charge >= 0.3 is 5.97 Å². The van der Waals surface area contributed by atoms with Crippen molar-refractivity contribution in [3.8, 4) is 22.6 Å². The summed E-state index contributed by atoms with van der Waals surface area (Å²) in [5.41, 5.74) is 8.40. The molecule has 10 heteroatoms. The summed E-state index contributed by atoms with van der Waals surface area (Å²) in [6.07, 6.45) is 2.23. The third-order valence-corrected chi connectivity index (χ3v) is 9.85. The van der Waals surface area contributed by atoms with E-state index in [2.05, 4.69) is 52.7 Å². The van der Waals surface area contributed by atoms with Gasteiger partial charge in [0.05, 0.1) is 33.0 Å². The maximum atomic E-state index is 12.3. The molecule has 52 heavy (non-hydrogen) atoms. The predicted molar refractivity (Wildman–Crippen MR) is 197 cm³/mol. The molecule has 1 fully saturated rings. The minimum Gasteiger partial charge on any atom is -0.493 e. The largest absolute Gasteiger partial charge is 0.493 e. The van der Waals surface area contributed by atoms with Crippen molar-refractivity contribution < 1.29 is 38.7 Å². The number of amides is 1. The number of carboxylic acids is 1. The Balaban J connectivity index is 1.13.